The average Bonchev–Trinajstić information content (AvgIpc) is 2.95. The molecule has 1 aromatic carbocycles. The normalized spacial score (nSPS) is 17.6. The molecule has 1 aliphatic rings. The predicted octanol–water partition coefficient (Wildman–Crippen LogP) is 4.58. The van der Waals surface area contributed by atoms with Crippen LogP contribution in [0.4, 0.5) is 0 Å². The number of hydrogen-bond donors (Lipinski definition) is 0. The molecule has 0 N–H and O–H groups in total. The fourth-order valence-electron chi connectivity index (χ4n) is 3.16. The predicted molar refractivity (Wildman–Crippen MR) is 92.2 cm³/mol. The van der Waals surface area contributed by atoms with Crippen molar-refractivity contribution in [3.8, 4) is 0 Å². The minimum absolute atomic E-state index is 0.0850. The van der Waals surface area contributed by atoms with E-state index in [0.29, 0.717) is 12.3 Å². The summed E-state index contributed by atoms with van der Waals surface area (Å²) in [6, 6.07) is 10.9. The third-order valence-corrected chi connectivity index (χ3v) is 5.26. The van der Waals surface area contributed by atoms with Crippen molar-refractivity contribution in [3.05, 3.63) is 57.3 Å². The zero-order valence-corrected chi connectivity index (χ0v) is 14.3. The van der Waals surface area contributed by atoms with Gasteiger partial charge in [-0.2, -0.15) is 0 Å². The summed E-state index contributed by atoms with van der Waals surface area (Å²) in [4.78, 5) is 16.2. The summed E-state index contributed by atoms with van der Waals surface area (Å²) in [6.07, 6.45) is 1.61. The first-order valence-electron chi connectivity index (χ1n) is 7.98. The maximum atomic E-state index is 12.7. The molecule has 0 unspecified atom stereocenters. The van der Waals surface area contributed by atoms with E-state index < -0.39 is 0 Å². The Labute approximate surface area is 136 Å². The van der Waals surface area contributed by atoms with Crippen LogP contribution in [0.1, 0.15) is 47.9 Å². The topological polar surface area (TPSA) is 20.3 Å². The Kier molecular flexibility index (Phi) is 4.34. The second-order valence-corrected chi connectivity index (χ2v) is 7.55. The molecule has 2 nitrogen and oxygen atoms in total. The van der Waals surface area contributed by atoms with E-state index in [4.69, 9.17) is 0 Å². The van der Waals surface area contributed by atoms with Crippen molar-refractivity contribution in [2.45, 2.75) is 39.7 Å². The Balaban J connectivity index is 1.99. The number of nitrogens with zero attached hydrogens (tertiary/aromatic N) is 1. The number of benzene rings is 1. The largest absolute Gasteiger partial charge is 0.331 e. The SMILES string of the molecule is Cc1ccc([C@@H]2c3ccsc3CCN2C(=O)CC(C)C)cc1. The summed E-state index contributed by atoms with van der Waals surface area (Å²) < 4.78 is 0. The molecule has 116 valence electrons. The number of hydrogen-bond acceptors (Lipinski definition) is 2. The van der Waals surface area contributed by atoms with Gasteiger partial charge in [-0.05, 0) is 41.8 Å². The van der Waals surface area contributed by atoms with Crippen molar-refractivity contribution in [1.82, 2.24) is 4.90 Å². The van der Waals surface area contributed by atoms with E-state index in [-0.39, 0.29) is 11.9 Å². The van der Waals surface area contributed by atoms with Crippen LogP contribution in [0.15, 0.2) is 35.7 Å². The Morgan fingerprint density at radius 3 is 2.68 bits per heavy atom. The van der Waals surface area contributed by atoms with Gasteiger partial charge in [0, 0.05) is 17.8 Å². The van der Waals surface area contributed by atoms with Gasteiger partial charge >= 0.3 is 0 Å². The van der Waals surface area contributed by atoms with E-state index in [9.17, 15) is 4.79 Å². The molecule has 0 fully saturated rings. The van der Waals surface area contributed by atoms with Crippen molar-refractivity contribution in [1.29, 1.82) is 0 Å². The molecule has 0 aliphatic carbocycles. The highest BCUT2D eigenvalue weighted by atomic mass is 32.1. The van der Waals surface area contributed by atoms with E-state index in [0.717, 1.165) is 13.0 Å². The number of aryl methyl sites for hydroxylation is 1. The lowest BCUT2D eigenvalue weighted by Gasteiger charge is -2.37. The second kappa shape index (κ2) is 6.25. The first-order valence-corrected chi connectivity index (χ1v) is 8.86. The van der Waals surface area contributed by atoms with E-state index in [2.05, 4.69) is 61.4 Å². The van der Waals surface area contributed by atoms with Crippen molar-refractivity contribution in [2.24, 2.45) is 5.92 Å². The van der Waals surface area contributed by atoms with Crippen LogP contribution in [0, 0.1) is 12.8 Å². The van der Waals surface area contributed by atoms with Crippen LogP contribution in [0.3, 0.4) is 0 Å². The molecule has 0 saturated carbocycles. The fraction of sp³-hybridized carbons (Fsp3) is 0.421. The Hall–Kier alpha value is -1.61. The van der Waals surface area contributed by atoms with Crippen molar-refractivity contribution in [2.75, 3.05) is 6.54 Å². The van der Waals surface area contributed by atoms with Gasteiger partial charge in [-0.25, -0.2) is 0 Å². The molecule has 3 heteroatoms. The van der Waals surface area contributed by atoms with E-state index in [1.807, 2.05) is 11.3 Å². The maximum Gasteiger partial charge on any atom is 0.223 e. The lowest BCUT2D eigenvalue weighted by Crippen LogP contribution is -2.40. The summed E-state index contributed by atoms with van der Waals surface area (Å²) in [5, 5.41) is 2.16. The number of carbonyl (C=O) groups excluding carboxylic acids is 1. The van der Waals surface area contributed by atoms with Crippen LogP contribution in [-0.2, 0) is 11.2 Å². The van der Waals surface area contributed by atoms with Crippen LogP contribution in [0.5, 0.6) is 0 Å². The highest BCUT2D eigenvalue weighted by molar-refractivity contribution is 7.10. The van der Waals surface area contributed by atoms with Gasteiger partial charge < -0.3 is 4.90 Å². The molecule has 1 aliphatic heterocycles. The smallest absolute Gasteiger partial charge is 0.223 e. The lowest BCUT2D eigenvalue weighted by atomic mass is 9.92. The minimum atomic E-state index is 0.0850. The number of rotatable bonds is 3. The third kappa shape index (κ3) is 2.95. The molecule has 2 aromatic rings. The molecule has 3 rings (SSSR count). The van der Waals surface area contributed by atoms with Gasteiger partial charge in [0.2, 0.25) is 5.91 Å². The van der Waals surface area contributed by atoms with Crippen LogP contribution in [0.2, 0.25) is 0 Å². The molecular weight excluding hydrogens is 290 g/mol. The summed E-state index contributed by atoms with van der Waals surface area (Å²) in [6.45, 7) is 7.15. The monoisotopic (exact) mass is 313 g/mol. The van der Waals surface area contributed by atoms with E-state index >= 15 is 0 Å². The van der Waals surface area contributed by atoms with Crippen molar-refractivity contribution in [3.63, 3.8) is 0 Å². The number of thiophene rings is 1. The summed E-state index contributed by atoms with van der Waals surface area (Å²) in [5.41, 5.74) is 3.80. The molecule has 0 saturated heterocycles. The molecule has 1 amide bonds. The van der Waals surface area contributed by atoms with Gasteiger partial charge in [0.25, 0.3) is 0 Å². The highest BCUT2D eigenvalue weighted by Gasteiger charge is 2.32. The Morgan fingerprint density at radius 2 is 2.00 bits per heavy atom. The van der Waals surface area contributed by atoms with Crippen LogP contribution in [-0.4, -0.2) is 17.4 Å². The van der Waals surface area contributed by atoms with Crippen molar-refractivity contribution < 1.29 is 4.79 Å². The Bertz CT molecular complexity index is 656. The van der Waals surface area contributed by atoms with Crippen LogP contribution in [0.25, 0.3) is 0 Å². The quantitative estimate of drug-likeness (QED) is 0.812. The van der Waals surface area contributed by atoms with Gasteiger partial charge in [-0.3, -0.25) is 4.79 Å². The minimum Gasteiger partial charge on any atom is -0.331 e. The zero-order valence-electron chi connectivity index (χ0n) is 13.5. The number of fused-ring (bicyclic) bond motifs is 1. The molecule has 0 radical (unpaired) electrons. The first-order chi connectivity index (χ1) is 10.6. The average molecular weight is 313 g/mol. The van der Waals surface area contributed by atoms with Gasteiger partial charge in [0.15, 0.2) is 0 Å². The summed E-state index contributed by atoms with van der Waals surface area (Å²) >= 11 is 1.82. The molecule has 1 atom stereocenters. The zero-order chi connectivity index (χ0) is 15.7. The van der Waals surface area contributed by atoms with Crippen LogP contribution >= 0.6 is 11.3 Å². The van der Waals surface area contributed by atoms with Gasteiger partial charge in [-0.15, -0.1) is 11.3 Å². The summed E-state index contributed by atoms with van der Waals surface area (Å²) in [5.74, 6) is 0.674. The molecule has 0 spiro atoms. The molecule has 0 bridgehead atoms. The third-order valence-electron chi connectivity index (χ3n) is 4.26. The van der Waals surface area contributed by atoms with Gasteiger partial charge in [-0.1, -0.05) is 43.7 Å². The van der Waals surface area contributed by atoms with Crippen molar-refractivity contribution >= 4 is 17.2 Å². The summed E-state index contributed by atoms with van der Waals surface area (Å²) in [7, 11) is 0. The molecule has 2 heterocycles. The molecular formula is C19H23NOS. The molecule has 1 aromatic heterocycles. The maximum absolute atomic E-state index is 12.7. The molecule has 22 heavy (non-hydrogen) atoms. The standard InChI is InChI=1S/C19H23NOS/c1-13(2)12-18(21)20-10-8-17-16(9-11-22-17)19(20)15-6-4-14(3)5-7-15/h4-7,9,11,13,19H,8,10,12H2,1-3H3/t19-/m1/s1. The Morgan fingerprint density at radius 1 is 1.27 bits per heavy atom. The lowest BCUT2D eigenvalue weighted by molar-refractivity contribution is -0.134. The van der Waals surface area contributed by atoms with Crippen LogP contribution < -0.4 is 0 Å². The van der Waals surface area contributed by atoms with Gasteiger partial charge in [0.05, 0.1) is 6.04 Å². The second-order valence-electron chi connectivity index (χ2n) is 6.55. The van der Waals surface area contributed by atoms with E-state index in [1.165, 1.54) is 21.6 Å². The fourth-order valence-corrected chi connectivity index (χ4v) is 4.06. The van der Waals surface area contributed by atoms with Gasteiger partial charge in [0.1, 0.15) is 0 Å². The van der Waals surface area contributed by atoms with E-state index in [1.54, 1.807) is 0 Å². The number of amides is 1. The number of carbonyl (C=O) groups is 1. The highest BCUT2D eigenvalue weighted by Crippen LogP contribution is 2.38. The first kappa shape index (κ1) is 15.3.